The summed E-state index contributed by atoms with van der Waals surface area (Å²) in [6.45, 7) is 14.7. The molecule has 0 saturated carbocycles. The van der Waals surface area contributed by atoms with Crippen LogP contribution in [0.3, 0.4) is 0 Å². The van der Waals surface area contributed by atoms with Gasteiger partial charge in [0.15, 0.2) is 0 Å². The van der Waals surface area contributed by atoms with Crippen molar-refractivity contribution in [3.05, 3.63) is 17.6 Å². The maximum atomic E-state index is 4.66. The Kier molecular flexibility index (Phi) is 4.93. The zero-order chi connectivity index (χ0) is 15.5. The van der Waals surface area contributed by atoms with Crippen molar-refractivity contribution in [3.8, 4) is 0 Å². The standard InChI is InChI=1S/C17H29N5/c1-4-15-12-17(19-14(3)18-15)22-7-6-16(13-22)21-10-8-20(5-2)9-11-21/h12,16H,4-11,13H2,1-3H3/t16-/m1/s1. The van der Waals surface area contributed by atoms with Crippen molar-refractivity contribution in [1.29, 1.82) is 0 Å². The molecule has 2 fully saturated rings. The molecule has 2 saturated heterocycles. The van der Waals surface area contributed by atoms with Crippen LogP contribution in [0, 0.1) is 6.92 Å². The minimum Gasteiger partial charge on any atom is -0.355 e. The summed E-state index contributed by atoms with van der Waals surface area (Å²) in [6, 6.07) is 2.86. The smallest absolute Gasteiger partial charge is 0.132 e. The van der Waals surface area contributed by atoms with Gasteiger partial charge in [-0.1, -0.05) is 13.8 Å². The second-order valence-corrected chi connectivity index (χ2v) is 6.48. The van der Waals surface area contributed by atoms with Crippen molar-refractivity contribution in [2.45, 2.75) is 39.7 Å². The Balaban J connectivity index is 1.61. The molecule has 2 aliphatic heterocycles. The van der Waals surface area contributed by atoms with E-state index in [1.807, 2.05) is 6.92 Å². The number of aromatic nitrogens is 2. The van der Waals surface area contributed by atoms with Crippen LogP contribution in [-0.2, 0) is 6.42 Å². The van der Waals surface area contributed by atoms with E-state index in [1.165, 1.54) is 39.1 Å². The number of piperazine rings is 1. The predicted molar refractivity (Wildman–Crippen MR) is 90.5 cm³/mol. The van der Waals surface area contributed by atoms with Gasteiger partial charge in [0, 0.05) is 57.1 Å². The summed E-state index contributed by atoms with van der Waals surface area (Å²) in [6.07, 6.45) is 2.24. The average molecular weight is 303 g/mol. The fraction of sp³-hybridized carbons (Fsp3) is 0.765. The third-order valence-electron chi connectivity index (χ3n) is 5.10. The number of rotatable bonds is 4. The first-order valence-corrected chi connectivity index (χ1v) is 8.75. The molecule has 3 rings (SSSR count). The van der Waals surface area contributed by atoms with E-state index in [-0.39, 0.29) is 0 Å². The topological polar surface area (TPSA) is 35.5 Å². The van der Waals surface area contributed by atoms with E-state index >= 15 is 0 Å². The maximum Gasteiger partial charge on any atom is 0.132 e. The molecule has 1 atom stereocenters. The van der Waals surface area contributed by atoms with Crippen molar-refractivity contribution < 1.29 is 0 Å². The van der Waals surface area contributed by atoms with Crippen molar-refractivity contribution in [1.82, 2.24) is 19.8 Å². The number of anilines is 1. The van der Waals surface area contributed by atoms with Crippen LogP contribution in [0.1, 0.15) is 31.8 Å². The van der Waals surface area contributed by atoms with Crippen LogP contribution in [0.15, 0.2) is 6.07 Å². The molecule has 0 unspecified atom stereocenters. The Bertz CT molecular complexity index is 496. The summed E-state index contributed by atoms with van der Waals surface area (Å²) in [7, 11) is 0. The van der Waals surface area contributed by atoms with E-state index in [0.29, 0.717) is 6.04 Å². The van der Waals surface area contributed by atoms with Crippen molar-refractivity contribution in [3.63, 3.8) is 0 Å². The summed E-state index contributed by atoms with van der Waals surface area (Å²) < 4.78 is 0. The van der Waals surface area contributed by atoms with Gasteiger partial charge < -0.3 is 9.80 Å². The third-order valence-corrected chi connectivity index (χ3v) is 5.10. The SMILES string of the molecule is CCc1cc(N2CC[C@@H](N3CCN(CC)CC3)C2)nc(C)n1. The van der Waals surface area contributed by atoms with Gasteiger partial charge in [0.05, 0.1) is 0 Å². The predicted octanol–water partition coefficient (Wildman–Crippen LogP) is 1.56. The summed E-state index contributed by atoms with van der Waals surface area (Å²) >= 11 is 0. The lowest BCUT2D eigenvalue weighted by atomic mass is 10.2. The first-order valence-electron chi connectivity index (χ1n) is 8.75. The quantitative estimate of drug-likeness (QED) is 0.843. The van der Waals surface area contributed by atoms with Crippen molar-refractivity contribution in [2.24, 2.45) is 0 Å². The van der Waals surface area contributed by atoms with Crippen molar-refractivity contribution >= 4 is 5.82 Å². The molecule has 1 aromatic rings. The van der Waals surface area contributed by atoms with Crippen molar-refractivity contribution in [2.75, 3.05) is 50.7 Å². The highest BCUT2D eigenvalue weighted by atomic mass is 15.3. The van der Waals surface area contributed by atoms with Crippen LogP contribution in [0.2, 0.25) is 0 Å². The van der Waals surface area contributed by atoms with E-state index in [0.717, 1.165) is 36.8 Å². The van der Waals surface area contributed by atoms with Gasteiger partial charge in [0.1, 0.15) is 11.6 Å². The minimum atomic E-state index is 0.694. The molecule has 5 nitrogen and oxygen atoms in total. The Labute approximate surface area is 134 Å². The molecule has 5 heteroatoms. The van der Waals surface area contributed by atoms with E-state index in [9.17, 15) is 0 Å². The highest BCUT2D eigenvalue weighted by Gasteiger charge is 2.30. The number of likely N-dealkylation sites (N-methyl/N-ethyl adjacent to an activating group) is 1. The Morgan fingerprint density at radius 3 is 2.55 bits per heavy atom. The van der Waals surface area contributed by atoms with Gasteiger partial charge in [-0.05, 0) is 26.3 Å². The van der Waals surface area contributed by atoms with E-state index in [1.54, 1.807) is 0 Å². The van der Waals surface area contributed by atoms with E-state index < -0.39 is 0 Å². The fourth-order valence-corrected chi connectivity index (χ4v) is 3.65. The number of aryl methyl sites for hydroxylation is 2. The second kappa shape index (κ2) is 6.92. The zero-order valence-corrected chi connectivity index (χ0v) is 14.3. The molecule has 0 aliphatic carbocycles. The summed E-state index contributed by atoms with van der Waals surface area (Å²) in [5.41, 5.74) is 1.16. The summed E-state index contributed by atoms with van der Waals surface area (Å²) in [4.78, 5) is 16.8. The number of hydrogen-bond donors (Lipinski definition) is 0. The van der Waals surface area contributed by atoms with Gasteiger partial charge in [-0.15, -0.1) is 0 Å². The Morgan fingerprint density at radius 2 is 1.86 bits per heavy atom. The van der Waals surface area contributed by atoms with Gasteiger partial charge in [-0.2, -0.15) is 0 Å². The Morgan fingerprint density at radius 1 is 1.09 bits per heavy atom. The average Bonchev–Trinajstić information content (AvgIpc) is 3.04. The number of nitrogens with zero attached hydrogens (tertiary/aromatic N) is 5. The molecular formula is C17H29N5. The molecule has 0 bridgehead atoms. The van der Waals surface area contributed by atoms with E-state index in [2.05, 4.69) is 44.6 Å². The first-order chi connectivity index (χ1) is 10.7. The largest absolute Gasteiger partial charge is 0.355 e. The lowest BCUT2D eigenvalue weighted by Gasteiger charge is -2.37. The monoisotopic (exact) mass is 303 g/mol. The van der Waals surface area contributed by atoms with Crippen LogP contribution in [0.5, 0.6) is 0 Å². The van der Waals surface area contributed by atoms with Gasteiger partial charge in [0.25, 0.3) is 0 Å². The molecule has 0 N–H and O–H groups in total. The van der Waals surface area contributed by atoms with Crippen LogP contribution in [0.25, 0.3) is 0 Å². The van der Waals surface area contributed by atoms with Gasteiger partial charge in [-0.25, -0.2) is 9.97 Å². The van der Waals surface area contributed by atoms with E-state index in [4.69, 9.17) is 0 Å². The molecule has 0 spiro atoms. The molecule has 0 aromatic carbocycles. The van der Waals surface area contributed by atoms with Crippen LogP contribution < -0.4 is 4.90 Å². The van der Waals surface area contributed by atoms with Crippen LogP contribution in [-0.4, -0.2) is 71.6 Å². The molecule has 3 heterocycles. The lowest BCUT2D eigenvalue weighted by molar-refractivity contribution is 0.107. The molecular weight excluding hydrogens is 274 g/mol. The van der Waals surface area contributed by atoms with Gasteiger partial charge in [0.2, 0.25) is 0 Å². The normalized spacial score (nSPS) is 24.1. The second-order valence-electron chi connectivity index (χ2n) is 6.48. The summed E-state index contributed by atoms with van der Waals surface area (Å²) in [5, 5.41) is 0. The molecule has 1 aromatic heterocycles. The molecule has 22 heavy (non-hydrogen) atoms. The molecule has 2 aliphatic rings. The first kappa shape index (κ1) is 15.7. The molecule has 122 valence electrons. The Hall–Kier alpha value is -1.20. The van der Waals surface area contributed by atoms with Gasteiger partial charge in [-0.3, -0.25) is 4.90 Å². The van der Waals surface area contributed by atoms with Gasteiger partial charge >= 0.3 is 0 Å². The number of hydrogen-bond acceptors (Lipinski definition) is 5. The maximum absolute atomic E-state index is 4.66. The molecule has 0 amide bonds. The van der Waals surface area contributed by atoms with Crippen LogP contribution >= 0.6 is 0 Å². The fourth-order valence-electron chi connectivity index (χ4n) is 3.65. The highest BCUT2D eigenvalue weighted by Crippen LogP contribution is 2.23. The minimum absolute atomic E-state index is 0.694. The third kappa shape index (κ3) is 3.41. The highest BCUT2D eigenvalue weighted by molar-refractivity contribution is 5.41. The zero-order valence-electron chi connectivity index (χ0n) is 14.3. The lowest BCUT2D eigenvalue weighted by Crippen LogP contribution is -2.50. The van der Waals surface area contributed by atoms with Crippen LogP contribution in [0.4, 0.5) is 5.82 Å². The molecule has 0 radical (unpaired) electrons. The summed E-state index contributed by atoms with van der Waals surface area (Å²) in [5.74, 6) is 2.02.